The van der Waals surface area contributed by atoms with E-state index in [1.807, 2.05) is 19.0 Å². The van der Waals surface area contributed by atoms with Crippen LogP contribution in [0, 0.1) is 0 Å². The van der Waals surface area contributed by atoms with Crippen LogP contribution in [-0.4, -0.2) is 76.2 Å². The van der Waals surface area contributed by atoms with Crippen LogP contribution in [0.25, 0.3) is 11.5 Å². The van der Waals surface area contributed by atoms with Gasteiger partial charge in [0, 0.05) is 18.3 Å². The van der Waals surface area contributed by atoms with Crippen molar-refractivity contribution in [3.05, 3.63) is 60.2 Å². The number of hydrogen-bond donors (Lipinski definition) is 0. The van der Waals surface area contributed by atoms with Crippen LogP contribution in [0.15, 0.2) is 53.1 Å². The number of hydrogen-bond acceptors (Lipinski definition) is 7. The van der Waals surface area contributed by atoms with E-state index in [2.05, 4.69) is 19.6 Å². The number of likely N-dealkylation sites (tertiary alicyclic amines) is 1. The molecule has 202 valence electrons. The number of amides is 2. The number of benzene rings is 1. The summed E-state index contributed by atoms with van der Waals surface area (Å²) < 4.78 is 58.5. The number of halogens is 4. The lowest BCUT2D eigenvalue weighted by Crippen LogP contribution is -2.67. The van der Waals surface area contributed by atoms with Crippen molar-refractivity contribution < 1.29 is 31.6 Å². The van der Waals surface area contributed by atoms with E-state index in [0.29, 0.717) is 17.8 Å². The van der Waals surface area contributed by atoms with Gasteiger partial charge in [-0.3, -0.25) is 14.6 Å². The monoisotopic (exact) mass is 534 g/mol. The summed E-state index contributed by atoms with van der Waals surface area (Å²) in [5.41, 5.74) is -1.31. The summed E-state index contributed by atoms with van der Waals surface area (Å²) in [5.74, 6) is -2.85. The second-order valence-electron chi connectivity index (χ2n) is 9.30. The molecule has 1 saturated heterocycles. The molecule has 0 N–H and O–H groups in total. The van der Waals surface area contributed by atoms with E-state index in [4.69, 9.17) is 0 Å². The zero-order valence-electron chi connectivity index (χ0n) is 20.8. The van der Waals surface area contributed by atoms with Crippen LogP contribution in [0.5, 0.6) is 0 Å². The Morgan fingerprint density at radius 3 is 2.37 bits per heavy atom. The Morgan fingerprint density at radius 2 is 1.79 bits per heavy atom. The summed E-state index contributed by atoms with van der Waals surface area (Å²) in [6, 6.07) is 11.3. The van der Waals surface area contributed by atoms with Crippen molar-refractivity contribution in [1.82, 2.24) is 25.0 Å². The number of nitrogens with zero attached hydrogens (tertiary/aromatic N) is 6. The predicted octanol–water partition coefficient (Wildman–Crippen LogP) is 3.58. The van der Waals surface area contributed by atoms with Crippen LogP contribution in [0.2, 0.25) is 0 Å². The summed E-state index contributed by atoms with van der Waals surface area (Å²) in [4.78, 5) is 34.5. The summed E-state index contributed by atoms with van der Waals surface area (Å²) >= 11 is 0. The summed E-state index contributed by atoms with van der Waals surface area (Å²) in [6.07, 6.45) is -2.63. The van der Waals surface area contributed by atoms with E-state index in [1.165, 1.54) is 28.1 Å². The van der Waals surface area contributed by atoms with E-state index in [-0.39, 0.29) is 43.4 Å². The fraction of sp³-hybridized carbons (Fsp3) is 0.400. The molecule has 3 heterocycles. The van der Waals surface area contributed by atoms with E-state index in [1.54, 1.807) is 30.3 Å². The number of aromatic nitrogens is 3. The molecule has 1 aliphatic heterocycles. The van der Waals surface area contributed by atoms with Gasteiger partial charge in [0.05, 0.1) is 30.9 Å². The normalized spacial score (nSPS) is 14.9. The molecule has 4 rings (SSSR count). The van der Waals surface area contributed by atoms with Gasteiger partial charge in [0.2, 0.25) is 17.5 Å². The molecule has 0 bridgehead atoms. The molecule has 1 fully saturated rings. The van der Waals surface area contributed by atoms with Gasteiger partial charge in [-0.2, -0.15) is 13.2 Å². The first kappa shape index (κ1) is 27.2. The first-order chi connectivity index (χ1) is 18.0. The minimum absolute atomic E-state index is 0.108. The van der Waals surface area contributed by atoms with Crippen molar-refractivity contribution in [1.29, 1.82) is 0 Å². The largest absolute Gasteiger partial charge is 0.470 e. The zero-order valence-corrected chi connectivity index (χ0v) is 20.8. The molecule has 13 heteroatoms. The van der Waals surface area contributed by atoms with Crippen LogP contribution >= 0.6 is 0 Å². The van der Waals surface area contributed by atoms with Gasteiger partial charge in [0.15, 0.2) is 0 Å². The number of rotatable bonds is 9. The number of pyridine rings is 1. The standard InChI is InChI=1S/C25H26F4N6O3/c1-33(2)12-6-9-20(36)34-15-24(26,16-34)23(37)35(19-7-4-3-5-8-19)14-18-11-10-17(13-30-18)21-31-32-22(38-21)25(27,28)29/h3-5,7-8,10-11,13H,6,9,12,14-16H2,1-2H3. The molecular formula is C25H26F4N6O3. The third-order valence-corrected chi connectivity index (χ3v) is 5.99. The molecular weight excluding hydrogens is 508 g/mol. The van der Waals surface area contributed by atoms with Gasteiger partial charge in [-0.05, 0) is 51.3 Å². The average Bonchev–Trinajstić information content (AvgIpc) is 3.37. The van der Waals surface area contributed by atoms with E-state index >= 15 is 4.39 Å². The van der Waals surface area contributed by atoms with Gasteiger partial charge in [-0.25, -0.2) is 4.39 Å². The zero-order chi connectivity index (χ0) is 27.5. The maximum atomic E-state index is 15.7. The number of carbonyl (C=O) groups excluding carboxylic acids is 2. The second kappa shape index (κ2) is 10.9. The molecule has 0 aliphatic carbocycles. The molecule has 0 atom stereocenters. The minimum atomic E-state index is -4.77. The molecule has 0 unspecified atom stereocenters. The van der Waals surface area contributed by atoms with Gasteiger partial charge in [-0.1, -0.05) is 18.2 Å². The summed E-state index contributed by atoms with van der Waals surface area (Å²) in [7, 11) is 3.80. The third-order valence-electron chi connectivity index (χ3n) is 5.99. The fourth-order valence-corrected chi connectivity index (χ4v) is 3.97. The van der Waals surface area contributed by atoms with Gasteiger partial charge in [-0.15, -0.1) is 10.2 Å². The predicted molar refractivity (Wildman–Crippen MR) is 128 cm³/mol. The lowest BCUT2D eigenvalue weighted by atomic mass is 9.93. The Balaban J connectivity index is 1.46. The van der Waals surface area contributed by atoms with Gasteiger partial charge in [0.1, 0.15) is 0 Å². The molecule has 0 radical (unpaired) electrons. The van der Waals surface area contributed by atoms with Crippen LogP contribution in [0.3, 0.4) is 0 Å². The molecule has 3 aromatic rings. The van der Waals surface area contributed by atoms with Gasteiger partial charge >= 0.3 is 12.1 Å². The Bertz CT molecular complexity index is 1260. The quantitative estimate of drug-likeness (QED) is 0.388. The first-order valence-corrected chi connectivity index (χ1v) is 11.8. The summed E-state index contributed by atoms with van der Waals surface area (Å²) in [5, 5.41) is 6.38. The van der Waals surface area contributed by atoms with Crippen molar-refractivity contribution >= 4 is 17.5 Å². The van der Waals surface area contributed by atoms with Crippen LogP contribution in [0.4, 0.5) is 23.2 Å². The Morgan fingerprint density at radius 1 is 1.08 bits per heavy atom. The number of alkyl halides is 4. The average molecular weight is 535 g/mol. The SMILES string of the molecule is CN(C)CCCC(=O)N1CC(F)(C(=O)N(Cc2ccc(-c3nnc(C(F)(F)F)o3)cn2)c2ccccc2)C1. The smallest absolute Gasteiger partial charge is 0.413 e. The Labute approximate surface area is 216 Å². The lowest BCUT2D eigenvalue weighted by Gasteiger charge is -2.45. The van der Waals surface area contributed by atoms with Crippen LogP contribution in [-0.2, 0) is 22.3 Å². The van der Waals surface area contributed by atoms with Crippen molar-refractivity contribution in [3.8, 4) is 11.5 Å². The highest BCUT2D eigenvalue weighted by atomic mass is 19.4. The van der Waals surface area contributed by atoms with E-state index < -0.39 is 23.6 Å². The molecule has 9 nitrogen and oxygen atoms in total. The molecule has 0 saturated carbocycles. The van der Waals surface area contributed by atoms with Crippen molar-refractivity contribution in [2.45, 2.75) is 31.2 Å². The molecule has 1 aliphatic rings. The van der Waals surface area contributed by atoms with Gasteiger partial charge < -0.3 is 19.1 Å². The van der Waals surface area contributed by atoms with E-state index in [9.17, 15) is 22.8 Å². The van der Waals surface area contributed by atoms with Crippen molar-refractivity contribution in [3.63, 3.8) is 0 Å². The van der Waals surface area contributed by atoms with E-state index in [0.717, 1.165) is 6.54 Å². The van der Waals surface area contributed by atoms with Crippen molar-refractivity contribution in [2.75, 3.05) is 38.6 Å². The number of anilines is 1. The second-order valence-corrected chi connectivity index (χ2v) is 9.30. The maximum absolute atomic E-state index is 15.7. The molecule has 38 heavy (non-hydrogen) atoms. The lowest BCUT2D eigenvalue weighted by molar-refractivity contribution is -0.157. The third kappa shape index (κ3) is 6.15. The number of carbonyl (C=O) groups is 2. The highest BCUT2D eigenvalue weighted by molar-refractivity contribution is 6.01. The van der Waals surface area contributed by atoms with Gasteiger partial charge in [0.25, 0.3) is 5.91 Å². The molecule has 1 aromatic carbocycles. The minimum Gasteiger partial charge on any atom is -0.413 e. The van der Waals surface area contributed by atoms with Crippen LogP contribution in [0.1, 0.15) is 24.4 Å². The Hall–Kier alpha value is -3.87. The Kier molecular flexibility index (Phi) is 7.76. The molecule has 0 spiro atoms. The molecule has 2 aromatic heterocycles. The van der Waals surface area contributed by atoms with Crippen LogP contribution < -0.4 is 4.90 Å². The highest BCUT2D eigenvalue weighted by Gasteiger charge is 2.53. The highest BCUT2D eigenvalue weighted by Crippen LogP contribution is 2.32. The first-order valence-electron chi connectivity index (χ1n) is 11.8. The molecule has 2 amide bonds. The van der Waals surface area contributed by atoms with Crippen molar-refractivity contribution in [2.24, 2.45) is 0 Å². The maximum Gasteiger partial charge on any atom is 0.470 e. The number of para-hydroxylation sites is 1. The fourth-order valence-electron chi connectivity index (χ4n) is 3.97. The summed E-state index contributed by atoms with van der Waals surface area (Å²) in [6.45, 7) is -0.0475. The topological polar surface area (TPSA) is 95.7 Å².